The molecule has 2 aromatic rings. The summed E-state index contributed by atoms with van der Waals surface area (Å²) in [7, 11) is 0. The SMILES string of the molecule is CC(=O)OC(CNC(=O)OCc1ccc([N+](=O)[O-])cc1)C[C@@H]1C[C@H](SC(C)=O)CN1C(=O)OCc1ccc([N+](=O)[O-])cc1. The Morgan fingerprint density at radius 2 is 1.47 bits per heavy atom. The van der Waals surface area contributed by atoms with Crippen molar-refractivity contribution in [2.24, 2.45) is 0 Å². The van der Waals surface area contributed by atoms with E-state index in [1.807, 2.05) is 0 Å². The summed E-state index contributed by atoms with van der Waals surface area (Å²) in [6, 6.07) is 10.5. The van der Waals surface area contributed by atoms with Crippen LogP contribution in [-0.4, -0.2) is 68.5 Å². The van der Waals surface area contributed by atoms with Crippen molar-refractivity contribution in [1.29, 1.82) is 0 Å². The normalized spacial score (nSPS) is 16.6. The molecule has 3 rings (SSSR count). The lowest BCUT2D eigenvalue weighted by atomic mass is 10.1. The second kappa shape index (κ2) is 15.5. The van der Waals surface area contributed by atoms with Gasteiger partial charge in [-0.25, -0.2) is 9.59 Å². The van der Waals surface area contributed by atoms with E-state index in [1.165, 1.54) is 67.3 Å². The van der Waals surface area contributed by atoms with Gasteiger partial charge in [0.05, 0.1) is 16.4 Å². The van der Waals surface area contributed by atoms with Gasteiger partial charge in [-0.15, -0.1) is 0 Å². The molecule has 3 atom stereocenters. The van der Waals surface area contributed by atoms with Crippen LogP contribution in [0.5, 0.6) is 0 Å². The fraction of sp³-hybridized carbons (Fsp3) is 0.407. The van der Waals surface area contributed by atoms with Crippen molar-refractivity contribution < 1.29 is 43.2 Å². The maximum Gasteiger partial charge on any atom is 0.410 e. The molecule has 0 radical (unpaired) electrons. The summed E-state index contributed by atoms with van der Waals surface area (Å²) in [5.41, 5.74) is 0.871. The van der Waals surface area contributed by atoms with Crippen LogP contribution in [-0.2, 0) is 37.0 Å². The lowest BCUT2D eigenvalue weighted by Gasteiger charge is -2.27. The van der Waals surface area contributed by atoms with Crippen LogP contribution in [0, 0.1) is 20.2 Å². The molecular formula is C27H30N4O11S. The summed E-state index contributed by atoms with van der Waals surface area (Å²) >= 11 is 1.08. The number of esters is 1. The maximum atomic E-state index is 13.1. The topological polar surface area (TPSA) is 198 Å². The average molecular weight is 619 g/mol. The van der Waals surface area contributed by atoms with Crippen LogP contribution in [0.15, 0.2) is 48.5 Å². The first-order chi connectivity index (χ1) is 20.4. The zero-order valence-corrected chi connectivity index (χ0v) is 24.2. The van der Waals surface area contributed by atoms with Crippen LogP contribution in [0.4, 0.5) is 21.0 Å². The Labute approximate surface area is 250 Å². The van der Waals surface area contributed by atoms with Crippen molar-refractivity contribution in [3.05, 3.63) is 79.9 Å². The van der Waals surface area contributed by atoms with Crippen molar-refractivity contribution >= 4 is 46.4 Å². The molecule has 0 saturated carbocycles. The molecule has 16 heteroatoms. The number of nitrogens with zero attached hydrogens (tertiary/aromatic N) is 3. The quantitative estimate of drug-likeness (QED) is 0.155. The smallest absolute Gasteiger partial charge is 0.410 e. The number of nitro groups is 2. The van der Waals surface area contributed by atoms with Crippen LogP contribution < -0.4 is 5.32 Å². The number of ether oxygens (including phenoxy) is 3. The molecule has 1 saturated heterocycles. The van der Waals surface area contributed by atoms with Gasteiger partial charge >= 0.3 is 18.2 Å². The molecule has 0 bridgehead atoms. The van der Waals surface area contributed by atoms with Crippen LogP contribution in [0.3, 0.4) is 0 Å². The van der Waals surface area contributed by atoms with E-state index in [4.69, 9.17) is 14.2 Å². The molecule has 0 aromatic heterocycles. The van der Waals surface area contributed by atoms with Crippen molar-refractivity contribution in [3.63, 3.8) is 0 Å². The minimum Gasteiger partial charge on any atom is -0.461 e. The van der Waals surface area contributed by atoms with Gasteiger partial charge in [-0.2, -0.15) is 0 Å². The number of rotatable bonds is 12. The highest BCUT2D eigenvalue weighted by Gasteiger charge is 2.39. The predicted octanol–water partition coefficient (Wildman–Crippen LogP) is 4.11. The Hall–Kier alpha value is -4.73. The van der Waals surface area contributed by atoms with E-state index in [1.54, 1.807) is 0 Å². The summed E-state index contributed by atoms with van der Waals surface area (Å²) in [5, 5.41) is 23.8. The van der Waals surface area contributed by atoms with Gasteiger partial charge < -0.3 is 24.4 Å². The van der Waals surface area contributed by atoms with E-state index >= 15 is 0 Å². The van der Waals surface area contributed by atoms with E-state index in [0.717, 1.165) is 11.8 Å². The van der Waals surface area contributed by atoms with Gasteiger partial charge in [-0.3, -0.25) is 29.8 Å². The average Bonchev–Trinajstić information content (AvgIpc) is 3.34. The predicted molar refractivity (Wildman–Crippen MR) is 152 cm³/mol. The first kappa shape index (κ1) is 32.8. The monoisotopic (exact) mass is 618 g/mol. The third-order valence-corrected chi connectivity index (χ3v) is 7.32. The molecular weight excluding hydrogens is 588 g/mol. The zero-order chi connectivity index (χ0) is 31.5. The third-order valence-electron chi connectivity index (χ3n) is 6.31. The number of non-ortho nitro benzene ring substituents is 2. The Bertz CT molecular complexity index is 1340. The van der Waals surface area contributed by atoms with E-state index in [2.05, 4.69) is 5.32 Å². The summed E-state index contributed by atoms with van der Waals surface area (Å²) < 4.78 is 16.0. The number of nitrogens with one attached hydrogen (secondary N) is 1. The molecule has 2 amide bonds. The minimum atomic E-state index is -0.847. The molecule has 1 N–H and O–H groups in total. The first-order valence-corrected chi connectivity index (χ1v) is 13.9. The zero-order valence-electron chi connectivity index (χ0n) is 23.3. The fourth-order valence-corrected chi connectivity index (χ4v) is 5.43. The summed E-state index contributed by atoms with van der Waals surface area (Å²) in [6.45, 7) is 2.41. The molecule has 1 heterocycles. The number of hydrogen-bond acceptors (Lipinski definition) is 12. The lowest BCUT2D eigenvalue weighted by molar-refractivity contribution is -0.385. The first-order valence-electron chi connectivity index (χ1n) is 13.1. The number of benzene rings is 2. The van der Waals surface area contributed by atoms with Crippen LogP contribution >= 0.6 is 11.8 Å². The number of nitro benzene ring substituents is 2. The number of alkyl carbamates (subject to hydrolysis) is 1. The number of carbonyl (C=O) groups excluding carboxylic acids is 4. The fourth-order valence-electron chi connectivity index (χ4n) is 4.40. The Kier molecular flexibility index (Phi) is 11.8. The second-order valence-corrected chi connectivity index (χ2v) is 11.1. The van der Waals surface area contributed by atoms with Crippen LogP contribution in [0.2, 0.25) is 0 Å². The van der Waals surface area contributed by atoms with Gasteiger partial charge in [0.2, 0.25) is 0 Å². The van der Waals surface area contributed by atoms with Gasteiger partial charge in [0.25, 0.3) is 11.4 Å². The summed E-state index contributed by atoms with van der Waals surface area (Å²) in [5.74, 6) is -0.606. The highest BCUT2D eigenvalue weighted by Crippen LogP contribution is 2.31. The van der Waals surface area contributed by atoms with Crippen LogP contribution in [0.1, 0.15) is 37.8 Å². The summed E-state index contributed by atoms with van der Waals surface area (Å²) in [6.07, 6.45) is -1.80. The molecule has 2 aromatic carbocycles. The lowest BCUT2D eigenvalue weighted by Crippen LogP contribution is -2.42. The van der Waals surface area contributed by atoms with Gasteiger partial charge in [0, 0.05) is 62.4 Å². The van der Waals surface area contributed by atoms with Crippen molar-refractivity contribution in [1.82, 2.24) is 10.2 Å². The minimum absolute atomic E-state index is 0.0980. The molecule has 0 spiro atoms. The van der Waals surface area contributed by atoms with Gasteiger partial charge in [-0.1, -0.05) is 11.8 Å². The Balaban J connectivity index is 1.60. The highest BCUT2D eigenvalue weighted by molar-refractivity contribution is 8.14. The largest absolute Gasteiger partial charge is 0.461 e. The molecule has 15 nitrogen and oxygen atoms in total. The Morgan fingerprint density at radius 1 is 0.930 bits per heavy atom. The molecule has 1 unspecified atom stereocenters. The van der Waals surface area contributed by atoms with Crippen molar-refractivity contribution in [3.8, 4) is 0 Å². The molecule has 1 aliphatic heterocycles. The van der Waals surface area contributed by atoms with Crippen LogP contribution in [0.25, 0.3) is 0 Å². The van der Waals surface area contributed by atoms with E-state index in [-0.39, 0.29) is 54.5 Å². The Morgan fingerprint density at radius 3 is 1.95 bits per heavy atom. The number of hydrogen-bond donors (Lipinski definition) is 1. The molecule has 1 fully saturated rings. The van der Waals surface area contributed by atoms with Gasteiger partial charge in [-0.05, 0) is 41.8 Å². The highest BCUT2D eigenvalue weighted by atomic mass is 32.2. The number of likely N-dealkylation sites (tertiary alicyclic amines) is 1. The van der Waals surface area contributed by atoms with Crippen molar-refractivity contribution in [2.75, 3.05) is 13.1 Å². The van der Waals surface area contributed by atoms with Gasteiger partial charge in [0.15, 0.2) is 5.12 Å². The van der Waals surface area contributed by atoms with E-state index in [0.29, 0.717) is 17.5 Å². The number of thioether (sulfide) groups is 1. The van der Waals surface area contributed by atoms with Gasteiger partial charge in [0.1, 0.15) is 19.3 Å². The maximum absolute atomic E-state index is 13.1. The number of amides is 2. The molecule has 230 valence electrons. The molecule has 1 aliphatic rings. The molecule has 0 aliphatic carbocycles. The number of carbonyl (C=O) groups is 4. The van der Waals surface area contributed by atoms with E-state index in [9.17, 15) is 39.4 Å². The van der Waals surface area contributed by atoms with Crippen molar-refractivity contribution in [2.45, 2.75) is 57.3 Å². The standard InChI is InChI=1S/C27H30N4O11S/c1-17(32)42-24(13-28-26(34)40-15-19-3-7-21(8-4-19)30(36)37)11-23-12-25(43-18(2)33)14-29(23)27(35)41-16-20-5-9-22(10-6-20)31(38)39/h3-10,23-25H,11-16H2,1-2H3,(H,28,34)/t23-,24?,25+/m1/s1. The van der Waals surface area contributed by atoms with E-state index < -0.39 is 40.1 Å². The summed E-state index contributed by atoms with van der Waals surface area (Å²) in [4.78, 5) is 70.9. The molecule has 43 heavy (non-hydrogen) atoms. The third kappa shape index (κ3) is 10.6. The second-order valence-electron chi connectivity index (χ2n) is 9.60.